The van der Waals surface area contributed by atoms with E-state index in [0.29, 0.717) is 24.8 Å². The third kappa shape index (κ3) is 4.69. The van der Waals surface area contributed by atoms with E-state index in [2.05, 4.69) is 6.58 Å². The lowest BCUT2D eigenvalue weighted by atomic mass is 9.87. The SMILES string of the molecule is C=C1C(=O)O[C@@H]2/C=C(/COC(=O)[C@H](C)CC)CC/C=C(/CO)C(=O)C[C@@H]12. The van der Waals surface area contributed by atoms with Crippen LogP contribution in [-0.4, -0.2) is 42.1 Å². The second-order valence-corrected chi connectivity index (χ2v) is 6.80. The number of ether oxygens (including phenoxy) is 2. The molecule has 1 N–H and O–H groups in total. The molecule has 1 saturated heterocycles. The molecule has 2 aliphatic rings. The van der Waals surface area contributed by atoms with Crippen LogP contribution in [0.3, 0.4) is 0 Å². The number of rotatable bonds is 5. The van der Waals surface area contributed by atoms with E-state index in [4.69, 9.17) is 9.47 Å². The van der Waals surface area contributed by atoms with E-state index < -0.39 is 18.0 Å². The first-order valence-corrected chi connectivity index (χ1v) is 8.96. The third-order valence-electron chi connectivity index (χ3n) is 4.95. The molecular weight excluding hydrogens is 336 g/mol. The Balaban J connectivity index is 2.22. The second-order valence-electron chi connectivity index (χ2n) is 6.80. The number of esters is 2. The highest BCUT2D eigenvalue weighted by Gasteiger charge is 2.39. The lowest BCUT2D eigenvalue weighted by Gasteiger charge is -2.19. The molecule has 0 aromatic heterocycles. The largest absolute Gasteiger partial charge is 0.461 e. The molecule has 0 saturated carbocycles. The summed E-state index contributed by atoms with van der Waals surface area (Å²) in [5.41, 5.74) is 1.41. The highest BCUT2D eigenvalue weighted by atomic mass is 16.6. The number of ketones is 1. The highest BCUT2D eigenvalue weighted by Crippen LogP contribution is 2.33. The van der Waals surface area contributed by atoms with Gasteiger partial charge in [0.1, 0.15) is 12.7 Å². The molecule has 0 radical (unpaired) electrons. The van der Waals surface area contributed by atoms with Gasteiger partial charge in [-0.2, -0.15) is 0 Å². The first-order chi connectivity index (χ1) is 12.4. The standard InChI is InChI=1S/C20H26O6/c1-4-12(2)19(23)25-11-14-6-5-7-15(10-21)17(22)9-16-13(3)20(24)26-18(16)8-14/h7-8,12,16,18,21H,3-6,9-11H2,1-2H3/b14-8+,15-7-/t12-,16+,18-/m1/s1. The molecule has 0 aromatic rings. The van der Waals surface area contributed by atoms with Crippen molar-refractivity contribution >= 4 is 17.7 Å². The number of allylic oxidation sites excluding steroid dienone is 1. The van der Waals surface area contributed by atoms with Gasteiger partial charge in [-0.1, -0.05) is 26.5 Å². The van der Waals surface area contributed by atoms with E-state index in [1.54, 1.807) is 12.2 Å². The fourth-order valence-corrected chi connectivity index (χ4v) is 2.96. The number of fused-ring (bicyclic) bond motifs is 1. The molecule has 0 aromatic carbocycles. The first kappa shape index (κ1) is 20.1. The summed E-state index contributed by atoms with van der Waals surface area (Å²) in [4.78, 5) is 36.1. The Hall–Kier alpha value is -2.21. The van der Waals surface area contributed by atoms with Crippen LogP contribution < -0.4 is 0 Å². The van der Waals surface area contributed by atoms with Crippen LogP contribution in [-0.2, 0) is 23.9 Å². The molecule has 1 heterocycles. The Labute approximate surface area is 153 Å². The van der Waals surface area contributed by atoms with E-state index in [0.717, 1.165) is 5.57 Å². The number of Topliss-reactive ketones (excluding diaryl/α,β-unsaturated/α-hetero) is 1. The maximum Gasteiger partial charge on any atom is 0.334 e. The van der Waals surface area contributed by atoms with Crippen LogP contribution in [0.4, 0.5) is 0 Å². The maximum atomic E-state index is 12.3. The summed E-state index contributed by atoms with van der Waals surface area (Å²) < 4.78 is 10.7. The van der Waals surface area contributed by atoms with Crippen molar-refractivity contribution in [3.05, 3.63) is 35.5 Å². The zero-order valence-electron chi connectivity index (χ0n) is 15.3. The zero-order chi connectivity index (χ0) is 19.3. The summed E-state index contributed by atoms with van der Waals surface area (Å²) in [7, 11) is 0. The molecule has 0 unspecified atom stereocenters. The van der Waals surface area contributed by atoms with Crippen LogP contribution in [0.2, 0.25) is 0 Å². The monoisotopic (exact) mass is 362 g/mol. The van der Waals surface area contributed by atoms with Crippen molar-refractivity contribution in [2.24, 2.45) is 11.8 Å². The number of carbonyl (C=O) groups excluding carboxylic acids is 3. The molecule has 1 fully saturated rings. The summed E-state index contributed by atoms with van der Waals surface area (Å²) in [5, 5.41) is 9.44. The van der Waals surface area contributed by atoms with E-state index in [1.807, 2.05) is 13.8 Å². The highest BCUT2D eigenvalue weighted by molar-refractivity contribution is 5.98. The number of aliphatic hydroxyl groups excluding tert-OH is 1. The summed E-state index contributed by atoms with van der Waals surface area (Å²) >= 11 is 0. The summed E-state index contributed by atoms with van der Waals surface area (Å²) in [6, 6.07) is 0. The van der Waals surface area contributed by atoms with Crippen molar-refractivity contribution < 1.29 is 29.0 Å². The topological polar surface area (TPSA) is 89.9 Å². The number of aliphatic hydroxyl groups is 1. The molecule has 6 nitrogen and oxygen atoms in total. The van der Waals surface area contributed by atoms with E-state index >= 15 is 0 Å². The van der Waals surface area contributed by atoms with Crippen LogP contribution in [0.25, 0.3) is 0 Å². The van der Waals surface area contributed by atoms with Crippen LogP contribution in [0, 0.1) is 11.8 Å². The Morgan fingerprint density at radius 3 is 2.85 bits per heavy atom. The molecule has 26 heavy (non-hydrogen) atoms. The minimum atomic E-state index is -0.603. The van der Waals surface area contributed by atoms with Gasteiger partial charge in [-0.15, -0.1) is 0 Å². The average molecular weight is 362 g/mol. The quantitative estimate of drug-likeness (QED) is 0.458. The smallest absolute Gasteiger partial charge is 0.334 e. The van der Waals surface area contributed by atoms with E-state index in [-0.39, 0.29) is 42.9 Å². The molecular formula is C20H26O6. The van der Waals surface area contributed by atoms with Gasteiger partial charge in [0.2, 0.25) is 0 Å². The van der Waals surface area contributed by atoms with Gasteiger partial charge in [-0.3, -0.25) is 9.59 Å². The van der Waals surface area contributed by atoms with Crippen LogP contribution >= 0.6 is 0 Å². The van der Waals surface area contributed by atoms with Gasteiger partial charge in [0.15, 0.2) is 5.78 Å². The van der Waals surface area contributed by atoms with Crippen molar-refractivity contribution in [3.63, 3.8) is 0 Å². The maximum absolute atomic E-state index is 12.3. The number of hydrogen-bond acceptors (Lipinski definition) is 6. The number of carbonyl (C=O) groups is 3. The van der Waals surface area contributed by atoms with Crippen molar-refractivity contribution in [2.75, 3.05) is 13.2 Å². The van der Waals surface area contributed by atoms with Gasteiger partial charge in [0, 0.05) is 23.5 Å². The number of hydrogen-bond donors (Lipinski definition) is 1. The predicted molar refractivity (Wildman–Crippen MR) is 95.0 cm³/mol. The van der Waals surface area contributed by atoms with Crippen LogP contribution in [0.5, 0.6) is 0 Å². The van der Waals surface area contributed by atoms with Crippen molar-refractivity contribution in [1.82, 2.24) is 0 Å². The summed E-state index contributed by atoms with van der Waals surface area (Å²) in [6.45, 7) is 7.24. The van der Waals surface area contributed by atoms with Gasteiger partial charge in [-0.25, -0.2) is 4.79 Å². The molecule has 0 amide bonds. The van der Waals surface area contributed by atoms with Crippen LogP contribution in [0.15, 0.2) is 35.5 Å². The van der Waals surface area contributed by atoms with E-state index in [1.165, 1.54) is 0 Å². The average Bonchev–Trinajstić information content (AvgIpc) is 2.89. The fraction of sp³-hybridized carbons (Fsp3) is 0.550. The summed E-state index contributed by atoms with van der Waals surface area (Å²) in [6.07, 6.45) is 4.69. The molecule has 142 valence electrons. The lowest BCUT2D eigenvalue weighted by molar-refractivity contribution is -0.147. The minimum Gasteiger partial charge on any atom is -0.461 e. The molecule has 0 bridgehead atoms. The minimum absolute atomic E-state index is 0.0536. The third-order valence-corrected chi connectivity index (χ3v) is 4.95. The summed E-state index contributed by atoms with van der Waals surface area (Å²) in [5.74, 6) is -1.64. The van der Waals surface area contributed by atoms with Gasteiger partial charge in [0.05, 0.1) is 12.5 Å². The van der Waals surface area contributed by atoms with Crippen molar-refractivity contribution in [1.29, 1.82) is 0 Å². The molecule has 1 aliphatic carbocycles. The molecule has 1 aliphatic heterocycles. The lowest BCUT2D eigenvalue weighted by Crippen LogP contribution is -2.22. The van der Waals surface area contributed by atoms with Gasteiger partial charge < -0.3 is 14.6 Å². The van der Waals surface area contributed by atoms with Gasteiger partial charge >= 0.3 is 11.9 Å². The Bertz CT molecular complexity index is 657. The normalized spacial score (nSPS) is 29.0. The van der Waals surface area contributed by atoms with Gasteiger partial charge in [0.25, 0.3) is 0 Å². The Morgan fingerprint density at radius 2 is 2.19 bits per heavy atom. The Kier molecular flexibility index (Phi) is 6.91. The molecule has 2 rings (SSSR count). The Morgan fingerprint density at radius 1 is 1.46 bits per heavy atom. The van der Waals surface area contributed by atoms with Crippen molar-refractivity contribution in [3.8, 4) is 0 Å². The first-order valence-electron chi connectivity index (χ1n) is 8.96. The molecule has 3 atom stereocenters. The van der Waals surface area contributed by atoms with Crippen LogP contribution in [0.1, 0.15) is 39.5 Å². The van der Waals surface area contributed by atoms with E-state index in [9.17, 15) is 19.5 Å². The molecule has 6 heteroatoms. The van der Waals surface area contributed by atoms with Crippen molar-refractivity contribution in [2.45, 2.75) is 45.6 Å². The molecule has 0 spiro atoms. The fourth-order valence-electron chi connectivity index (χ4n) is 2.96. The zero-order valence-corrected chi connectivity index (χ0v) is 15.3. The van der Waals surface area contributed by atoms with Gasteiger partial charge in [-0.05, 0) is 30.9 Å². The predicted octanol–water partition coefficient (Wildman–Crippen LogP) is 2.27. The second kappa shape index (κ2) is 8.94.